The number of anilines is 3. The lowest BCUT2D eigenvalue weighted by molar-refractivity contribution is 0.669. The Balaban J connectivity index is 1.29. The zero-order valence-corrected chi connectivity index (χ0v) is 24.0. The van der Waals surface area contributed by atoms with Gasteiger partial charge in [0.25, 0.3) is 0 Å². The molecule has 0 fully saturated rings. The third kappa shape index (κ3) is 3.93. The van der Waals surface area contributed by atoms with Crippen LogP contribution in [0, 0.1) is 0 Å². The van der Waals surface area contributed by atoms with Gasteiger partial charge in [0.1, 0.15) is 11.2 Å². The van der Waals surface area contributed by atoms with Gasteiger partial charge in [0.05, 0.1) is 11.1 Å². The molecule has 43 heavy (non-hydrogen) atoms. The van der Waals surface area contributed by atoms with Gasteiger partial charge in [-0.1, -0.05) is 97.1 Å². The number of nitrogens with zero attached hydrogens (tertiary/aromatic N) is 1. The first-order chi connectivity index (χ1) is 21.3. The van der Waals surface area contributed by atoms with E-state index in [0.29, 0.717) is 0 Å². The third-order valence-corrected chi connectivity index (χ3v) is 9.56. The van der Waals surface area contributed by atoms with E-state index in [4.69, 9.17) is 4.42 Å². The maximum atomic E-state index is 6.33. The summed E-state index contributed by atoms with van der Waals surface area (Å²) in [4.78, 5) is 2.39. The van der Waals surface area contributed by atoms with Crippen LogP contribution in [0.5, 0.6) is 0 Å². The number of rotatable bonds is 4. The van der Waals surface area contributed by atoms with Crippen molar-refractivity contribution in [1.29, 1.82) is 0 Å². The summed E-state index contributed by atoms with van der Waals surface area (Å²) in [5, 5.41) is 7.33. The van der Waals surface area contributed by atoms with E-state index >= 15 is 0 Å². The Morgan fingerprint density at radius 3 is 2.12 bits per heavy atom. The van der Waals surface area contributed by atoms with Crippen LogP contribution < -0.4 is 4.90 Å². The van der Waals surface area contributed by atoms with Crippen LogP contribution in [-0.2, 0) is 0 Å². The molecule has 2 aromatic heterocycles. The fraction of sp³-hybridized carbons (Fsp3) is 0. The van der Waals surface area contributed by atoms with Crippen LogP contribution in [0.1, 0.15) is 0 Å². The molecule has 0 aliphatic heterocycles. The smallest absolute Gasteiger partial charge is 0.137 e. The van der Waals surface area contributed by atoms with E-state index in [0.717, 1.165) is 39.0 Å². The molecule has 0 aliphatic rings. The Hall–Kier alpha value is -5.38. The van der Waals surface area contributed by atoms with Crippen molar-refractivity contribution in [3.05, 3.63) is 152 Å². The zero-order chi connectivity index (χ0) is 28.3. The number of benzene rings is 7. The van der Waals surface area contributed by atoms with Crippen LogP contribution in [-0.4, -0.2) is 0 Å². The Labute approximate surface area is 252 Å². The molecule has 0 spiro atoms. The number of thiophene rings is 1. The predicted octanol–water partition coefficient (Wildman–Crippen LogP) is 12.2. The lowest BCUT2D eigenvalue weighted by Crippen LogP contribution is -2.10. The maximum absolute atomic E-state index is 6.33. The monoisotopic (exact) mass is 567 g/mol. The molecule has 202 valence electrons. The van der Waals surface area contributed by atoms with E-state index in [2.05, 4.69) is 144 Å². The van der Waals surface area contributed by atoms with Gasteiger partial charge in [0.15, 0.2) is 0 Å². The first kappa shape index (κ1) is 24.2. The van der Waals surface area contributed by atoms with Gasteiger partial charge in [-0.25, -0.2) is 0 Å². The second-order valence-corrected chi connectivity index (χ2v) is 12.1. The van der Waals surface area contributed by atoms with Crippen molar-refractivity contribution in [3.63, 3.8) is 0 Å². The molecular formula is C40H25NOS. The van der Waals surface area contributed by atoms with Crippen molar-refractivity contribution < 1.29 is 4.42 Å². The van der Waals surface area contributed by atoms with Crippen LogP contribution in [0.3, 0.4) is 0 Å². The molecule has 0 saturated carbocycles. The van der Waals surface area contributed by atoms with Crippen molar-refractivity contribution in [2.45, 2.75) is 0 Å². The minimum atomic E-state index is 0.886. The highest BCUT2D eigenvalue weighted by Crippen LogP contribution is 2.45. The largest absolute Gasteiger partial charge is 0.456 e. The van der Waals surface area contributed by atoms with E-state index in [9.17, 15) is 0 Å². The molecule has 2 heterocycles. The van der Waals surface area contributed by atoms with Gasteiger partial charge in [-0.15, -0.1) is 11.3 Å². The highest BCUT2D eigenvalue weighted by molar-refractivity contribution is 7.25. The van der Waals surface area contributed by atoms with Crippen LogP contribution in [0.15, 0.2) is 156 Å². The molecule has 0 aliphatic carbocycles. The number of hydrogen-bond acceptors (Lipinski definition) is 3. The van der Waals surface area contributed by atoms with Crippen LogP contribution in [0.2, 0.25) is 0 Å². The maximum Gasteiger partial charge on any atom is 0.137 e. The van der Waals surface area contributed by atoms with E-state index in [1.54, 1.807) is 0 Å². The number of para-hydroxylation sites is 1. The highest BCUT2D eigenvalue weighted by Gasteiger charge is 2.20. The van der Waals surface area contributed by atoms with E-state index in [1.165, 1.54) is 42.1 Å². The molecular weight excluding hydrogens is 543 g/mol. The Kier molecular flexibility index (Phi) is 5.40. The van der Waals surface area contributed by atoms with Gasteiger partial charge in [0, 0.05) is 36.9 Å². The molecule has 9 rings (SSSR count). The van der Waals surface area contributed by atoms with E-state index in [-0.39, 0.29) is 0 Å². The van der Waals surface area contributed by atoms with Gasteiger partial charge in [-0.2, -0.15) is 0 Å². The van der Waals surface area contributed by atoms with Crippen LogP contribution in [0.4, 0.5) is 17.1 Å². The molecule has 7 aromatic carbocycles. The summed E-state index contributed by atoms with van der Waals surface area (Å²) in [7, 11) is 0. The molecule has 9 aromatic rings. The summed E-state index contributed by atoms with van der Waals surface area (Å²) in [6, 6.07) is 54.4. The quantitative estimate of drug-likeness (QED) is 0.210. The van der Waals surface area contributed by atoms with E-state index in [1.807, 2.05) is 23.5 Å². The Morgan fingerprint density at radius 2 is 1.16 bits per heavy atom. The second kappa shape index (κ2) is 9.59. The molecule has 0 N–H and O–H groups in total. The summed E-state index contributed by atoms with van der Waals surface area (Å²) in [6.07, 6.45) is 0. The Bertz CT molecular complexity index is 2480. The average Bonchev–Trinajstić information content (AvgIpc) is 3.63. The second-order valence-electron chi connectivity index (χ2n) is 11.0. The summed E-state index contributed by atoms with van der Waals surface area (Å²) in [5.41, 5.74) is 7.48. The Morgan fingerprint density at radius 1 is 0.442 bits per heavy atom. The molecule has 0 amide bonds. The fourth-order valence-corrected chi connectivity index (χ4v) is 7.56. The molecule has 0 saturated heterocycles. The summed E-state index contributed by atoms with van der Waals surface area (Å²) >= 11 is 1.85. The zero-order valence-electron chi connectivity index (χ0n) is 23.2. The molecule has 2 nitrogen and oxygen atoms in total. The fourth-order valence-electron chi connectivity index (χ4n) is 6.42. The lowest BCUT2D eigenvalue weighted by atomic mass is 10.00. The van der Waals surface area contributed by atoms with Gasteiger partial charge >= 0.3 is 0 Å². The molecule has 0 bridgehead atoms. The number of furan rings is 1. The first-order valence-electron chi connectivity index (χ1n) is 14.5. The SMILES string of the molecule is c1cc(-c2ccc3ccccc3c2)cc(N(c2ccc3c(c2)sc2ccccc23)c2cccc3oc4ccccc4c23)c1. The topological polar surface area (TPSA) is 16.4 Å². The minimum Gasteiger partial charge on any atom is -0.456 e. The molecule has 0 unspecified atom stereocenters. The van der Waals surface area contributed by atoms with Gasteiger partial charge < -0.3 is 9.32 Å². The first-order valence-corrected chi connectivity index (χ1v) is 15.3. The summed E-state index contributed by atoms with van der Waals surface area (Å²) in [5.74, 6) is 0. The molecule has 3 heteroatoms. The van der Waals surface area contributed by atoms with Crippen molar-refractivity contribution in [1.82, 2.24) is 0 Å². The van der Waals surface area contributed by atoms with Gasteiger partial charge in [-0.05, 0) is 76.5 Å². The molecule has 0 radical (unpaired) electrons. The average molecular weight is 568 g/mol. The standard InChI is InChI=1S/C40H25NOS/c1-2-10-27-23-29(20-19-26(27)9-1)28-11-7-12-30(24-28)41(31-21-22-33-32-13-4-6-18-38(32)43-39(33)25-31)35-15-8-17-37-40(35)34-14-3-5-16-36(34)42-37/h1-25H. The predicted molar refractivity (Wildman–Crippen MR) is 184 cm³/mol. The van der Waals surface area contributed by atoms with Crippen LogP contribution in [0.25, 0.3) is 64.0 Å². The normalized spacial score (nSPS) is 11.7. The molecule has 0 atom stereocenters. The van der Waals surface area contributed by atoms with Crippen molar-refractivity contribution in [2.75, 3.05) is 4.90 Å². The van der Waals surface area contributed by atoms with Crippen molar-refractivity contribution >= 4 is 81.3 Å². The van der Waals surface area contributed by atoms with Gasteiger partial charge in [-0.3, -0.25) is 0 Å². The minimum absolute atomic E-state index is 0.886. The summed E-state index contributed by atoms with van der Waals surface area (Å²) in [6.45, 7) is 0. The third-order valence-electron chi connectivity index (χ3n) is 8.43. The van der Waals surface area contributed by atoms with Crippen LogP contribution >= 0.6 is 11.3 Å². The van der Waals surface area contributed by atoms with Gasteiger partial charge in [0.2, 0.25) is 0 Å². The number of hydrogen-bond donors (Lipinski definition) is 0. The lowest BCUT2D eigenvalue weighted by Gasteiger charge is -2.27. The van der Waals surface area contributed by atoms with Crippen molar-refractivity contribution in [2.24, 2.45) is 0 Å². The van der Waals surface area contributed by atoms with Crippen molar-refractivity contribution in [3.8, 4) is 11.1 Å². The number of fused-ring (bicyclic) bond motifs is 7. The van der Waals surface area contributed by atoms with E-state index < -0.39 is 0 Å². The summed E-state index contributed by atoms with van der Waals surface area (Å²) < 4.78 is 8.92. The highest BCUT2D eigenvalue weighted by atomic mass is 32.1.